The minimum atomic E-state index is -0.113. The lowest BCUT2D eigenvalue weighted by molar-refractivity contribution is 0.126. The van der Waals surface area contributed by atoms with Crippen molar-refractivity contribution < 1.29 is 5.11 Å². The molecule has 4 nitrogen and oxygen atoms in total. The molecule has 2 heterocycles. The lowest BCUT2D eigenvalue weighted by Gasteiger charge is -2.28. The zero-order valence-electron chi connectivity index (χ0n) is 12.4. The van der Waals surface area contributed by atoms with Crippen molar-refractivity contribution in [3.8, 4) is 0 Å². The average Bonchev–Trinajstić information content (AvgIpc) is 2.64. The van der Waals surface area contributed by atoms with Crippen molar-refractivity contribution in [2.75, 3.05) is 5.32 Å². The van der Waals surface area contributed by atoms with E-state index >= 15 is 0 Å². The van der Waals surface area contributed by atoms with Crippen LogP contribution < -0.4 is 5.32 Å². The number of hydrogen-bond donors (Lipinski definition) is 2. The van der Waals surface area contributed by atoms with E-state index in [1.807, 2.05) is 11.8 Å². The van der Waals surface area contributed by atoms with Crippen LogP contribution in [0, 0.1) is 0 Å². The van der Waals surface area contributed by atoms with Gasteiger partial charge in [0.2, 0.25) is 0 Å². The predicted molar refractivity (Wildman–Crippen MR) is 82.3 cm³/mol. The predicted octanol–water partition coefficient (Wildman–Crippen LogP) is 3.18. The molecule has 5 heteroatoms. The highest BCUT2D eigenvalue weighted by atomic mass is 32.2. The Morgan fingerprint density at radius 2 is 1.95 bits per heavy atom. The van der Waals surface area contributed by atoms with Gasteiger partial charge < -0.3 is 10.4 Å². The molecule has 1 aliphatic carbocycles. The van der Waals surface area contributed by atoms with Gasteiger partial charge in [-0.05, 0) is 39.5 Å². The minimum Gasteiger partial charge on any atom is -0.393 e. The number of aliphatic hydroxyl groups is 1. The molecule has 2 N–H and O–H groups in total. The fourth-order valence-electron chi connectivity index (χ4n) is 3.06. The quantitative estimate of drug-likeness (QED) is 0.820. The first-order valence-corrected chi connectivity index (χ1v) is 8.27. The SMILES string of the molecule is CC1c2c(N[C@H]3CC[C@H](O)CC3)ncnc2SC1(C)C. The van der Waals surface area contributed by atoms with Gasteiger partial charge in [-0.2, -0.15) is 0 Å². The highest BCUT2D eigenvalue weighted by Crippen LogP contribution is 2.53. The topological polar surface area (TPSA) is 58.0 Å². The Bertz CT molecular complexity index is 498. The van der Waals surface area contributed by atoms with Crippen molar-refractivity contribution in [2.24, 2.45) is 0 Å². The van der Waals surface area contributed by atoms with Crippen LogP contribution in [0.15, 0.2) is 11.4 Å². The van der Waals surface area contributed by atoms with E-state index < -0.39 is 0 Å². The highest BCUT2D eigenvalue weighted by Gasteiger charge is 2.40. The number of anilines is 1. The summed E-state index contributed by atoms with van der Waals surface area (Å²) in [4.78, 5) is 8.92. The summed E-state index contributed by atoms with van der Waals surface area (Å²) < 4.78 is 0.178. The number of rotatable bonds is 2. The Balaban J connectivity index is 1.81. The van der Waals surface area contributed by atoms with Gasteiger partial charge in [-0.3, -0.25) is 0 Å². The van der Waals surface area contributed by atoms with E-state index in [2.05, 4.69) is 36.1 Å². The summed E-state index contributed by atoms with van der Waals surface area (Å²) in [6.07, 6.45) is 5.37. The van der Waals surface area contributed by atoms with E-state index in [1.165, 1.54) is 5.56 Å². The number of hydrogen-bond acceptors (Lipinski definition) is 5. The molecule has 2 aliphatic rings. The highest BCUT2D eigenvalue weighted by molar-refractivity contribution is 8.01. The van der Waals surface area contributed by atoms with Gasteiger partial charge in [0.15, 0.2) is 0 Å². The number of fused-ring (bicyclic) bond motifs is 1. The maximum absolute atomic E-state index is 9.60. The van der Waals surface area contributed by atoms with E-state index in [0.717, 1.165) is 36.5 Å². The van der Waals surface area contributed by atoms with Crippen LogP contribution in [0.1, 0.15) is 57.9 Å². The lowest BCUT2D eigenvalue weighted by Crippen LogP contribution is -2.29. The molecule has 0 radical (unpaired) electrons. The van der Waals surface area contributed by atoms with Crippen molar-refractivity contribution >= 4 is 17.6 Å². The lowest BCUT2D eigenvalue weighted by atomic mass is 9.90. The summed E-state index contributed by atoms with van der Waals surface area (Å²) in [5.74, 6) is 1.45. The third kappa shape index (κ3) is 2.53. The molecule has 0 aromatic carbocycles. The molecule has 1 saturated carbocycles. The Morgan fingerprint density at radius 3 is 2.65 bits per heavy atom. The summed E-state index contributed by atoms with van der Waals surface area (Å²) in [6, 6.07) is 0.429. The van der Waals surface area contributed by atoms with Crippen molar-refractivity contribution in [3.05, 3.63) is 11.9 Å². The molecule has 0 spiro atoms. The Hall–Kier alpha value is -0.810. The Morgan fingerprint density at radius 1 is 1.25 bits per heavy atom. The van der Waals surface area contributed by atoms with Crippen LogP contribution in [0.25, 0.3) is 0 Å². The Kier molecular flexibility index (Phi) is 3.67. The van der Waals surface area contributed by atoms with Crippen molar-refractivity contribution in [3.63, 3.8) is 0 Å². The second-order valence-electron chi connectivity index (χ2n) is 6.52. The zero-order chi connectivity index (χ0) is 14.3. The maximum Gasteiger partial charge on any atom is 0.134 e. The summed E-state index contributed by atoms with van der Waals surface area (Å²) in [5.41, 5.74) is 1.27. The molecule has 1 aliphatic heterocycles. The van der Waals surface area contributed by atoms with E-state index in [9.17, 15) is 5.11 Å². The molecule has 110 valence electrons. The summed E-state index contributed by atoms with van der Waals surface area (Å²) in [6.45, 7) is 6.80. The second-order valence-corrected chi connectivity index (χ2v) is 8.16. The van der Waals surface area contributed by atoms with Gasteiger partial charge >= 0.3 is 0 Å². The van der Waals surface area contributed by atoms with Gasteiger partial charge in [0.1, 0.15) is 17.2 Å². The van der Waals surface area contributed by atoms with Crippen LogP contribution in [-0.2, 0) is 0 Å². The maximum atomic E-state index is 9.60. The van der Waals surface area contributed by atoms with Crippen molar-refractivity contribution in [2.45, 2.75) is 74.3 Å². The first-order valence-electron chi connectivity index (χ1n) is 7.46. The molecule has 0 saturated heterocycles. The van der Waals surface area contributed by atoms with Crippen LogP contribution in [0.4, 0.5) is 5.82 Å². The molecule has 0 amide bonds. The molecule has 1 aromatic rings. The van der Waals surface area contributed by atoms with E-state index in [1.54, 1.807) is 6.33 Å². The van der Waals surface area contributed by atoms with Crippen molar-refractivity contribution in [1.82, 2.24) is 9.97 Å². The number of nitrogens with one attached hydrogen (secondary N) is 1. The van der Waals surface area contributed by atoms with E-state index in [-0.39, 0.29) is 10.9 Å². The summed E-state index contributed by atoms with van der Waals surface area (Å²) in [7, 11) is 0. The number of nitrogens with zero attached hydrogens (tertiary/aromatic N) is 2. The van der Waals surface area contributed by atoms with Gasteiger partial charge in [0, 0.05) is 22.3 Å². The second kappa shape index (κ2) is 5.19. The van der Waals surface area contributed by atoms with Gasteiger partial charge in [0.05, 0.1) is 6.10 Å². The molecule has 1 aromatic heterocycles. The van der Waals surface area contributed by atoms with Crippen LogP contribution in [0.5, 0.6) is 0 Å². The van der Waals surface area contributed by atoms with E-state index in [0.29, 0.717) is 12.0 Å². The number of aromatic nitrogens is 2. The van der Waals surface area contributed by atoms with Gasteiger partial charge in [-0.1, -0.05) is 18.7 Å². The van der Waals surface area contributed by atoms with Crippen LogP contribution in [-0.4, -0.2) is 32.0 Å². The number of thioether (sulfide) groups is 1. The van der Waals surface area contributed by atoms with Gasteiger partial charge in [0.25, 0.3) is 0 Å². The summed E-state index contributed by atoms with van der Waals surface area (Å²) >= 11 is 1.85. The normalized spacial score (nSPS) is 31.9. The van der Waals surface area contributed by atoms with Crippen LogP contribution in [0.3, 0.4) is 0 Å². The molecular weight excluding hydrogens is 270 g/mol. The standard InChI is InChI=1S/C15H23N3OS/c1-9-12-13(18-10-4-6-11(19)7-5-10)16-8-17-14(12)20-15(9,2)3/h8-11,19H,4-7H2,1-3H3,(H,16,17,18)/t9?,10-,11-. The monoisotopic (exact) mass is 293 g/mol. The van der Waals surface area contributed by atoms with Crippen molar-refractivity contribution in [1.29, 1.82) is 0 Å². The summed E-state index contributed by atoms with van der Waals surface area (Å²) in [5, 5.41) is 14.3. The zero-order valence-corrected chi connectivity index (χ0v) is 13.2. The third-order valence-electron chi connectivity index (χ3n) is 4.72. The fourth-order valence-corrected chi connectivity index (χ4v) is 4.34. The van der Waals surface area contributed by atoms with Gasteiger partial charge in [-0.15, -0.1) is 0 Å². The fraction of sp³-hybridized carbons (Fsp3) is 0.733. The molecule has 20 heavy (non-hydrogen) atoms. The van der Waals surface area contributed by atoms with Crippen LogP contribution >= 0.6 is 11.8 Å². The number of aliphatic hydroxyl groups excluding tert-OH is 1. The Labute approximate surface area is 124 Å². The molecule has 1 fully saturated rings. The van der Waals surface area contributed by atoms with E-state index in [4.69, 9.17) is 0 Å². The smallest absolute Gasteiger partial charge is 0.134 e. The van der Waals surface area contributed by atoms with Crippen LogP contribution in [0.2, 0.25) is 0 Å². The molecule has 1 atom stereocenters. The molecule has 1 unspecified atom stereocenters. The van der Waals surface area contributed by atoms with Gasteiger partial charge in [-0.25, -0.2) is 9.97 Å². The first kappa shape index (κ1) is 14.1. The molecule has 3 rings (SSSR count). The molecular formula is C15H23N3OS. The average molecular weight is 293 g/mol. The first-order chi connectivity index (χ1) is 9.47. The third-order valence-corrected chi connectivity index (χ3v) is 6.12. The minimum absolute atomic E-state index is 0.113. The largest absolute Gasteiger partial charge is 0.393 e. The molecule has 0 bridgehead atoms.